The summed E-state index contributed by atoms with van der Waals surface area (Å²) >= 11 is 0. The smallest absolute Gasteiger partial charge is 0.306 e. The standard InChI is InChI=1S/C71H112O6/c1-4-7-10-13-16-19-22-25-26-27-28-29-30-31-32-33-34-35-36-37-38-39-40-41-42-43-44-47-49-52-55-58-61-64-70(73)76-67-68(77-71(74)65-62-59-56-53-50-46-24-21-18-15-12-9-6-3)66-75-69(72)63-60-57-54-51-48-45-23-20-17-14-11-8-5-2/h7,9-10,12,16,18-21,23,25-26,28-29,31-32,34-35,37-38,40-41,43-44,46,50,68H,4-6,8,11,13-15,17,22,24,27,30,33,36,39,42,45,47-49,51-67H2,1-3H3/b10-7-,12-9-,19-16-,21-18-,23-20-,26-25-,29-28-,32-31-,35-34-,38-37-,41-40-,44-43-,50-46-. The van der Waals surface area contributed by atoms with E-state index in [0.717, 1.165) is 173 Å². The molecule has 0 aliphatic rings. The van der Waals surface area contributed by atoms with Crippen molar-refractivity contribution in [3.8, 4) is 0 Å². The van der Waals surface area contributed by atoms with Gasteiger partial charge in [-0.15, -0.1) is 0 Å². The van der Waals surface area contributed by atoms with Crippen molar-refractivity contribution in [2.45, 2.75) is 258 Å². The van der Waals surface area contributed by atoms with E-state index in [1.165, 1.54) is 38.5 Å². The first kappa shape index (κ1) is 72.0. The van der Waals surface area contributed by atoms with Gasteiger partial charge in [-0.2, -0.15) is 0 Å². The van der Waals surface area contributed by atoms with Crippen molar-refractivity contribution >= 4 is 17.9 Å². The van der Waals surface area contributed by atoms with Crippen molar-refractivity contribution in [3.63, 3.8) is 0 Å². The van der Waals surface area contributed by atoms with E-state index in [2.05, 4.69) is 179 Å². The van der Waals surface area contributed by atoms with Gasteiger partial charge in [-0.05, 0) is 148 Å². The van der Waals surface area contributed by atoms with Crippen molar-refractivity contribution in [2.75, 3.05) is 13.2 Å². The molecule has 0 N–H and O–H groups in total. The normalized spacial score (nSPS) is 13.2. The zero-order valence-electron chi connectivity index (χ0n) is 49.4. The molecular weight excluding hydrogens is 949 g/mol. The molecule has 0 saturated carbocycles. The molecule has 0 aromatic carbocycles. The molecular formula is C71H112O6. The van der Waals surface area contributed by atoms with Crippen LogP contribution in [0, 0.1) is 0 Å². The highest BCUT2D eigenvalue weighted by Crippen LogP contribution is 2.13. The Bertz CT molecular complexity index is 1740. The minimum Gasteiger partial charge on any atom is -0.462 e. The summed E-state index contributed by atoms with van der Waals surface area (Å²) in [6.45, 7) is 6.33. The Morgan fingerprint density at radius 3 is 0.818 bits per heavy atom. The van der Waals surface area contributed by atoms with Crippen LogP contribution < -0.4 is 0 Å². The molecule has 0 radical (unpaired) electrons. The molecule has 0 aromatic heterocycles. The predicted octanol–water partition coefficient (Wildman–Crippen LogP) is 21.3. The van der Waals surface area contributed by atoms with Crippen molar-refractivity contribution < 1.29 is 28.6 Å². The van der Waals surface area contributed by atoms with Gasteiger partial charge in [-0.3, -0.25) is 14.4 Å². The predicted molar refractivity (Wildman–Crippen MR) is 334 cm³/mol. The first-order valence-corrected chi connectivity index (χ1v) is 31.0. The van der Waals surface area contributed by atoms with Crippen LogP contribution in [0.15, 0.2) is 158 Å². The molecule has 77 heavy (non-hydrogen) atoms. The van der Waals surface area contributed by atoms with E-state index < -0.39 is 6.10 Å². The van der Waals surface area contributed by atoms with Gasteiger partial charge in [0.1, 0.15) is 13.2 Å². The van der Waals surface area contributed by atoms with Gasteiger partial charge in [0, 0.05) is 19.3 Å². The van der Waals surface area contributed by atoms with Crippen LogP contribution in [0.3, 0.4) is 0 Å². The zero-order valence-corrected chi connectivity index (χ0v) is 49.4. The van der Waals surface area contributed by atoms with Crippen molar-refractivity contribution in [1.82, 2.24) is 0 Å². The van der Waals surface area contributed by atoms with Crippen LogP contribution in [0.2, 0.25) is 0 Å². The van der Waals surface area contributed by atoms with Crippen LogP contribution in [0.1, 0.15) is 252 Å². The van der Waals surface area contributed by atoms with Crippen LogP contribution in [-0.2, 0) is 28.6 Å². The Labute approximate surface area is 473 Å². The van der Waals surface area contributed by atoms with E-state index in [1.54, 1.807) is 0 Å². The van der Waals surface area contributed by atoms with Gasteiger partial charge >= 0.3 is 17.9 Å². The molecule has 0 aliphatic heterocycles. The lowest BCUT2D eigenvalue weighted by Crippen LogP contribution is -2.30. The summed E-state index contributed by atoms with van der Waals surface area (Å²) in [5.41, 5.74) is 0. The topological polar surface area (TPSA) is 78.9 Å². The maximum atomic E-state index is 12.8. The third-order valence-electron chi connectivity index (χ3n) is 12.5. The fourth-order valence-electron chi connectivity index (χ4n) is 7.91. The summed E-state index contributed by atoms with van der Waals surface area (Å²) in [6, 6.07) is 0. The molecule has 0 amide bonds. The largest absolute Gasteiger partial charge is 0.462 e. The Morgan fingerprint density at radius 2 is 0.506 bits per heavy atom. The minimum atomic E-state index is -0.812. The van der Waals surface area contributed by atoms with Gasteiger partial charge in [0.25, 0.3) is 0 Å². The highest BCUT2D eigenvalue weighted by Gasteiger charge is 2.19. The van der Waals surface area contributed by atoms with E-state index in [9.17, 15) is 14.4 Å². The van der Waals surface area contributed by atoms with Crippen LogP contribution >= 0.6 is 0 Å². The summed E-state index contributed by atoms with van der Waals surface area (Å²) in [7, 11) is 0. The molecule has 0 rings (SSSR count). The Kier molecular flexibility index (Phi) is 59.5. The first-order valence-electron chi connectivity index (χ1n) is 31.0. The third-order valence-corrected chi connectivity index (χ3v) is 12.5. The van der Waals surface area contributed by atoms with Gasteiger partial charge in [0.05, 0.1) is 0 Å². The van der Waals surface area contributed by atoms with Crippen LogP contribution in [0.4, 0.5) is 0 Å². The third kappa shape index (κ3) is 61.8. The number of carbonyl (C=O) groups excluding carboxylic acids is 3. The average molecular weight is 1060 g/mol. The highest BCUT2D eigenvalue weighted by atomic mass is 16.6. The summed E-state index contributed by atoms with van der Waals surface area (Å²) in [5.74, 6) is -0.970. The molecule has 432 valence electrons. The van der Waals surface area contributed by atoms with Gasteiger partial charge < -0.3 is 14.2 Å². The van der Waals surface area contributed by atoms with Crippen LogP contribution in [0.5, 0.6) is 0 Å². The molecule has 0 aliphatic carbocycles. The maximum absolute atomic E-state index is 12.8. The second-order valence-corrected chi connectivity index (χ2v) is 19.8. The van der Waals surface area contributed by atoms with E-state index in [1.807, 2.05) is 0 Å². The molecule has 1 atom stereocenters. The van der Waals surface area contributed by atoms with Gasteiger partial charge in [0.15, 0.2) is 6.10 Å². The first-order chi connectivity index (χ1) is 38.0. The number of esters is 3. The lowest BCUT2D eigenvalue weighted by Gasteiger charge is -2.18. The fourth-order valence-corrected chi connectivity index (χ4v) is 7.91. The molecule has 0 aromatic rings. The Hall–Kier alpha value is -4.97. The second-order valence-electron chi connectivity index (χ2n) is 19.8. The van der Waals surface area contributed by atoms with Gasteiger partial charge in [-0.25, -0.2) is 0 Å². The maximum Gasteiger partial charge on any atom is 0.306 e. The number of hydrogen-bond acceptors (Lipinski definition) is 6. The monoisotopic (exact) mass is 1060 g/mol. The number of hydrogen-bond donors (Lipinski definition) is 0. The average Bonchev–Trinajstić information content (AvgIpc) is 3.43. The summed E-state index contributed by atoms with van der Waals surface area (Å²) < 4.78 is 16.8. The van der Waals surface area contributed by atoms with Crippen molar-refractivity contribution in [3.05, 3.63) is 158 Å². The molecule has 0 spiro atoms. The fraction of sp³-hybridized carbons (Fsp3) is 0.592. The molecule has 0 bridgehead atoms. The van der Waals surface area contributed by atoms with Crippen LogP contribution in [-0.4, -0.2) is 37.2 Å². The lowest BCUT2D eigenvalue weighted by molar-refractivity contribution is -0.167. The number of unbranched alkanes of at least 4 members (excludes halogenated alkanes) is 17. The van der Waals surface area contributed by atoms with Crippen molar-refractivity contribution in [1.29, 1.82) is 0 Å². The summed E-state index contributed by atoms with van der Waals surface area (Å²) in [5, 5.41) is 0. The van der Waals surface area contributed by atoms with E-state index in [0.29, 0.717) is 12.8 Å². The highest BCUT2D eigenvalue weighted by molar-refractivity contribution is 5.71. The lowest BCUT2D eigenvalue weighted by atomic mass is 10.1. The number of allylic oxidation sites excluding steroid dienone is 26. The zero-order chi connectivity index (χ0) is 55.7. The Morgan fingerprint density at radius 1 is 0.273 bits per heavy atom. The van der Waals surface area contributed by atoms with Gasteiger partial charge in [-0.1, -0.05) is 243 Å². The van der Waals surface area contributed by atoms with E-state index in [-0.39, 0.29) is 37.5 Å². The van der Waals surface area contributed by atoms with Gasteiger partial charge in [0.2, 0.25) is 0 Å². The number of rotatable bonds is 54. The number of ether oxygens (including phenoxy) is 3. The van der Waals surface area contributed by atoms with E-state index in [4.69, 9.17) is 14.2 Å². The van der Waals surface area contributed by atoms with E-state index >= 15 is 0 Å². The second kappa shape index (κ2) is 63.6. The number of carbonyl (C=O) groups is 3. The molecule has 1 unspecified atom stereocenters. The van der Waals surface area contributed by atoms with Crippen LogP contribution in [0.25, 0.3) is 0 Å². The minimum absolute atomic E-state index is 0.106. The summed E-state index contributed by atoms with van der Waals surface area (Å²) in [6.07, 6.45) is 92.5. The SMILES string of the molecule is CC/C=C\C/C=C\C/C=C\C/C=C\C/C=C\C/C=C\C/C=C\C/C=C\C/C=C\CCCCCCCC(=O)OCC(COC(=O)CCCCCCC/C=C\CCCCCC)OC(=O)CCCCC/C=C\C/C=C\C/C=C\CC. The molecule has 0 fully saturated rings. The molecule has 6 nitrogen and oxygen atoms in total. The Balaban J connectivity index is 4.33. The molecule has 0 heterocycles. The molecule has 0 saturated heterocycles. The van der Waals surface area contributed by atoms with Crippen molar-refractivity contribution in [2.24, 2.45) is 0 Å². The quantitative estimate of drug-likeness (QED) is 0.0261. The molecule has 6 heteroatoms. The summed E-state index contributed by atoms with van der Waals surface area (Å²) in [4.78, 5) is 38.1.